The van der Waals surface area contributed by atoms with E-state index in [0.29, 0.717) is 12.1 Å². The maximum absolute atomic E-state index is 13.3. The maximum atomic E-state index is 13.3. The number of carbonyl (C=O) groups is 1. The molecule has 0 atom stereocenters. The van der Waals surface area contributed by atoms with Crippen molar-refractivity contribution in [3.63, 3.8) is 0 Å². The number of carbonyl (C=O) groups excluding carboxylic acids is 1. The molecule has 0 aromatic heterocycles. The largest absolute Gasteiger partial charge is 0.322 e. The average molecular weight is 424 g/mol. The van der Waals surface area contributed by atoms with Crippen molar-refractivity contribution in [1.29, 1.82) is 0 Å². The number of anilines is 2. The number of hydrogen-bond donors (Lipinski definition) is 2. The fraction of sp³-hybridized carbons (Fsp3) is 0. The Morgan fingerprint density at radius 3 is 1.83 bits per heavy atom. The van der Waals surface area contributed by atoms with Crippen LogP contribution in [0.1, 0.15) is 10.4 Å². The highest BCUT2D eigenvalue weighted by Crippen LogP contribution is 2.20. The molecule has 0 bridgehead atoms. The molecule has 3 rings (SSSR count). The fourth-order valence-electron chi connectivity index (χ4n) is 2.32. The van der Waals surface area contributed by atoms with Gasteiger partial charge >= 0.3 is 0 Å². The molecule has 0 saturated heterocycles. The third-order valence-corrected chi connectivity index (χ3v) is 5.16. The third-order valence-electron chi connectivity index (χ3n) is 3.78. The maximum Gasteiger partial charge on any atom is 0.261 e. The normalized spacial score (nSPS) is 11.2. The summed E-state index contributed by atoms with van der Waals surface area (Å²) in [4.78, 5) is 11.7. The van der Waals surface area contributed by atoms with Crippen LogP contribution in [0.4, 0.5) is 28.9 Å². The number of hydrogen-bond acceptors (Lipinski definition) is 3. The molecule has 10 heteroatoms. The summed E-state index contributed by atoms with van der Waals surface area (Å²) in [6.45, 7) is 0. The van der Waals surface area contributed by atoms with Gasteiger partial charge in [-0.25, -0.2) is 26.0 Å². The van der Waals surface area contributed by atoms with E-state index in [2.05, 4.69) is 10.0 Å². The minimum Gasteiger partial charge on any atom is -0.322 e. The molecule has 0 spiro atoms. The number of amides is 1. The summed E-state index contributed by atoms with van der Waals surface area (Å²) >= 11 is 0. The minimum atomic E-state index is -4.18. The molecule has 150 valence electrons. The molecule has 5 nitrogen and oxygen atoms in total. The highest BCUT2D eigenvalue weighted by molar-refractivity contribution is 7.92. The molecule has 0 aliphatic carbocycles. The summed E-state index contributed by atoms with van der Waals surface area (Å²) in [5.74, 6) is -5.30. The lowest BCUT2D eigenvalue weighted by Crippen LogP contribution is -2.14. The Hall–Kier alpha value is -3.40. The van der Waals surface area contributed by atoms with Gasteiger partial charge < -0.3 is 5.32 Å². The predicted molar refractivity (Wildman–Crippen MR) is 97.9 cm³/mol. The van der Waals surface area contributed by atoms with Gasteiger partial charge in [-0.3, -0.25) is 9.52 Å². The monoisotopic (exact) mass is 424 g/mol. The van der Waals surface area contributed by atoms with Crippen molar-refractivity contribution in [1.82, 2.24) is 0 Å². The highest BCUT2D eigenvalue weighted by atomic mass is 32.2. The predicted octanol–water partition coefficient (Wildman–Crippen LogP) is 4.30. The van der Waals surface area contributed by atoms with Gasteiger partial charge in [-0.1, -0.05) is 0 Å². The first-order valence-corrected chi connectivity index (χ1v) is 9.48. The Kier molecular flexibility index (Phi) is 5.55. The standard InChI is InChI=1S/C19H12F4N2O3S/c20-15-7-5-13(9-17(15)22)24-19(26)11-1-3-12(4-2-11)25-29(27,28)14-6-8-16(21)18(23)10-14/h1-10,25H,(H,24,26). The van der Waals surface area contributed by atoms with E-state index < -0.39 is 44.1 Å². The molecule has 3 aromatic rings. The van der Waals surface area contributed by atoms with Gasteiger partial charge in [0.2, 0.25) is 0 Å². The second-order valence-electron chi connectivity index (χ2n) is 5.84. The average Bonchev–Trinajstić information content (AvgIpc) is 2.67. The van der Waals surface area contributed by atoms with E-state index >= 15 is 0 Å². The van der Waals surface area contributed by atoms with Crippen molar-refractivity contribution in [2.24, 2.45) is 0 Å². The molecular formula is C19H12F4N2O3S. The lowest BCUT2D eigenvalue weighted by Gasteiger charge is -2.10. The molecule has 2 N–H and O–H groups in total. The Balaban J connectivity index is 1.73. The van der Waals surface area contributed by atoms with Crippen LogP contribution in [-0.2, 0) is 10.0 Å². The van der Waals surface area contributed by atoms with Crippen LogP contribution in [0.3, 0.4) is 0 Å². The third kappa shape index (κ3) is 4.72. The Morgan fingerprint density at radius 1 is 0.690 bits per heavy atom. The highest BCUT2D eigenvalue weighted by Gasteiger charge is 2.17. The molecule has 0 aliphatic rings. The molecule has 3 aromatic carbocycles. The van der Waals surface area contributed by atoms with Crippen LogP contribution in [0.2, 0.25) is 0 Å². The first-order valence-electron chi connectivity index (χ1n) is 8.00. The van der Waals surface area contributed by atoms with Crippen LogP contribution < -0.4 is 10.0 Å². The fourth-order valence-corrected chi connectivity index (χ4v) is 3.39. The zero-order valence-corrected chi connectivity index (χ0v) is 15.2. The van der Waals surface area contributed by atoms with Gasteiger partial charge in [-0.15, -0.1) is 0 Å². The van der Waals surface area contributed by atoms with Crippen LogP contribution in [-0.4, -0.2) is 14.3 Å². The van der Waals surface area contributed by atoms with Crippen LogP contribution in [0, 0.1) is 23.3 Å². The second kappa shape index (κ2) is 7.92. The molecule has 0 aliphatic heterocycles. The van der Waals surface area contributed by atoms with E-state index in [1.165, 1.54) is 30.3 Å². The van der Waals surface area contributed by atoms with E-state index in [1.54, 1.807) is 0 Å². The zero-order valence-electron chi connectivity index (χ0n) is 14.4. The van der Waals surface area contributed by atoms with E-state index in [1.807, 2.05) is 0 Å². The van der Waals surface area contributed by atoms with Crippen molar-refractivity contribution in [3.05, 3.63) is 89.5 Å². The number of benzene rings is 3. The summed E-state index contributed by atoms with van der Waals surface area (Å²) in [6, 6.07) is 10.1. The van der Waals surface area contributed by atoms with Crippen molar-refractivity contribution in [2.75, 3.05) is 10.0 Å². The minimum absolute atomic E-state index is 0.0389. The summed E-state index contributed by atoms with van der Waals surface area (Å²) in [5.41, 5.74) is 0.224. The summed E-state index contributed by atoms with van der Waals surface area (Å²) in [5, 5.41) is 2.37. The first-order chi connectivity index (χ1) is 13.7. The van der Waals surface area contributed by atoms with Crippen molar-refractivity contribution in [2.45, 2.75) is 4.90 Å². The topological polar surface area (TPSA) is 75.3 Å². The molecule has 0 radical (unpaired) electrons. The molecule has 1 amide bonds. The number of sulfonamides is 1. The number of rotatable bonds is 5. The summed E-state index contributed by atoms with van der Waals surface area (Å²) < 4.78 is 79.0. The summed E-state index contributed by atoms with van der Waals surface area (Å²) in [7, 11) is -4.18. The lowest BCUT2D eigenvalue weighted by molar-refractivity contribution is 0.102. The summed E-state index contributed by atoms with van der Waals surface area (Å²) in [6.07, 6.45) is 0. The zero-order chi connectivity index (χ0) is 21.2. The molecular weight excluding hydrogens is 412 g/mol. The SMILES string of the molecule is O=C(Nc1ccc(F)c(F)c1)c1ccc(NS(=O)(=O)c2ccc(F)c(F)c2)cc1. The Bertz CT molecular complexity index is 1180. The Morgan fingerprint density at radius 2 is 1.24 bits per heavy atom. The molecule has 0 heterocycles. The van der Waals surface area contributed by atoms with Gasteiger partial charge in [0.25, 0.3) is 15.9 Å². The van der Waals surface area contributed by atoms with E-state index in [4.69, 9.17) is 0 Å². The van der Waals surface area contributed by atoms with Crippen molar-refractivity contribution in [3.8, 4) is 0 Å². The van der Waals surface area contributed by atoms with Gasteiger partial charge in [-0.2, -0.15) is 0 Å². The van der Waals surface area contributed by atoms with E-state index in [0.717, 1.165) is 18.2 Å². The molecule has 0 fully saturated rings. The van der Waals surface area contributed by atoms with Crippen LogP contribution in [0.25, 0.3) is 0 Å². The number of nitrogens with one attached hydrogen (secondary N) is 2. The van der Waals surface area contributed by atoms with E-state index in [9.17, 15) is 30.8 Å². The van der Waals surface area contributed by atoms with Crippen molar-refractivity contribution < 1.29 is 30.8 Å². The van der Waals surface area contributed by atoms with Gasteiger partial charge in [-0.05, 0) is 54.6 Å². The van der Waals surface area contributed by atoms with Crippen molar-refractivity contribution >= 4 is 27.3 Å². The quantitative estimate of drug-likeness (QED) is 0.600. The van der Waals surface area contributed by atoms with Gasteiger partial charge in [0, 0.05) is 23.0 Å². The van der Waals surface area contributed by atoms with Gasteiger partial charge in [0.05, 0.1) is 4.90 Å². The van der Waals surface area contributed by atoms with Crippen LogP contribution in [0.5, 0.6) is 0 Å². The van der Waals surface area contributed by atoms with Crippen LogP contribution >= 0.6 is 0 Å². The van der Waals surface area contributed by atoms with Gasteiger partial charge in [0.1, 0.15) is 0 Å². The first kappa shape index (κ1) is 20.3. The van der Waals surface area contributed by atoms with E-state index in [-0.39, 0.29) is 16.9 Å². The molecule has 0 unspecified atom stereocenters. The van der Waals surface area contributed by atoms with Crippen LogP contribution in [0.15, 0.2) is 65.6 Å². The molecule has 0 saturated carbocycles. The Labute approximate surface area is 163 Å². The second-order valence-corrected chi connectivity index (χ2v) is 7.52. The lowest BCUT2D eigenvalue weighted by atomic mass is 10.2. The number of halogens is 4. The smallest absolute Gasteiger partial charge is 0.261 e. The van der Waals surface area contributed by atoms with Gasteiger partial charge in [0.15, 0.2) is 23.3 Å². The molecule has 29 heavy (non-hydrogen) atoms.